The van der Waals surface area contributed by atoms with Gasteiger partial charge in [0, 0.05) is 11.1 Å². The highest BCUT2D eigenvalue weighted by Crippen LogP contribution is 2.30. The summed E-state index contributed by atoms with van der Waals surface area (Å²) in [5.41, 5.74) is 4.43. The van der Waals surface area contributed by atoms with Crippen molar-refractivity contribution in [3.05, 3.63) is 89.2 Å². The number of nitrogens with zero attached hydrogens (tertiary/aromatic N) is 2. The van der Waals surface area contributed by atoms with E-state index in [9.17, 15) is 4.39 Å². The van der Waals surface area contributed by atoms with Crippen molar-refractivity contribution in [2.24, 2.45) is 9.98 Å². The predicted molar refractivity (Wildman–Crippen MR) is 107 cm³/mol. The highest BCUT2D eigenvalue weighted by Gasteiger charge is 2.15. The van der Waals surface area contributed by atoms with Crippen LogP contribution in [0.5, 0.6) is 5.75 Å². The van der Waals surface area contributed by atoms with Gasteiger partial charge in [-0.3, -0.25) is 0 Å². The number of aryl methyl sites for hydroxylation is 1. The van der Waals surface area contributed by atoms with Crippen LogP contribution < -0.4 is 10.1 Å². The van der Waals surface area contributed by atoms with Crippen molar-refractivity contribution in [1.82, 2.24) is 0 Å². The first-order chi connectivity index (χ1) is 13.1. The number of amidine groups is 2. The maximum Gasteiger partial charge on any atom is 0.162 e. The normalized spacial score (nSPS) is 13.0. The summed E-state index contributed by atoms with van der Waals surface area (Å²) in [6.45, 7) is 2.03. The van der Waals surface area contributed by atoms with Crippen LogP contribution in [-0.2, 0) is 0 Å². The summed E-state index contributed by atoms with van der Waals surface area (Å²) in [6.07, 6.45) is 0. The second kappa shape index (κ2) is 7.03. The molecule has 0 amide bonds. The largest absolute Gasteiger partial charge is 0.497 e. The maximum atomic E-state index is 13.3. The van der Waals surface area contributed by atoms with Crippen molar-refractivity contribution in [2.75, 3.05) is 12.4 Å². The average molecular weight is 359 g/mol. The first kappa shape index (κ1) is 17.0. The first-order valence-corrected chi connectivity index (χ1v) is 8.58. The van der Waals surface area contributed by atoms with Gasteiger partial charge in [0.2, 0.25) is 0 Å². The van der Waals surface area contributed by atoms with Crippen molar-refractivity contribution in [3.63, 3.8) is 0 Å². The van der Waals surface area contributed by atoms with Gasteiger partial charge < -0.3 is 10.1 Å². The van der Waals surface area contributed by atoms with Crippen LogP contribution >= 0.6 is 0 Å². The summed E-state index contributed by atoms with van der Waals surface area (Å²) >= 11 is 0. The van der Waals surface area contributed by atoms with Gasteiger partial charge in [-0.05, 0) is 73.2 Å². The lowest BCUT2D eigenvalue weighted by Gasteiger charge is -2.11. The molecule has 1 heterocycles. The predicted octanol–water partition coefficient (Wildman–Crippen LogP) is 5.09. The fourth-order valence-electron chi connectivity index (χ4n) is 2.86. The number of hydrogen-bond acceptors (Lipinski definition) is 4. The molecule has 1 aliphatic rings. The number of nitrogens with one attached hydrogen (secondary N) is 1. The van der Waals surface area contributed by atoms with E-state index in [1.807, 2.05) is 49.4 Å². The van der Waals surface area contributed by atoms with Gasteiger partial charge in [-0.15, -0.1) is 0 Å². The van der Waals surface area contributed by atoms with E-state index in [4.69, 9.17) is 14.7 Å². The fourth-order valence-corrected chi connectivity index (χ4v) is 2.86. The molecule has 0 saturated carbocycles. The van der Waals surface area contributed by atoms with Crippen LogP contribution in [0.4, 0.5) is 15.8 Å². The quantitative estimate of drug-likeness (QED) is 0.708. The first-order valence-electron chi connectivity index (χ1n) is 8.58. The monoisotopic (exact) mass is 359 g/mol. The van der Waals surface area contributed by atoms with E-state index >= 15 is 0 Å². The molecule has 0 spiro atoms. The second-order valence-corrected chi connectivity index (χ2v) is 6.28. The molecule has 0 radical (unpaired) electrons. The number of benzene rings is 3. The van der Waals surface area contributed by atoms with Crippen LogP contribution in [-0.4, -0.2) is 18.8 Å². The topological polar surface area (TPSA) is 46.0 Å². The van der Waals surface area contributed by atoms with Crippen LogP contribution in [0.3, 0.4) is 0 Å². The molecule has 0 saturated heterocycles. The van der Waals surface area contributed by atoms with E-state index < -0.39 is 0 Å². The maximum absolute atomic E-state index is 13.3. The number of ether oxygens (including phenoxy) is 1. The Bertz CT molecular complexity index is 1040. The molecule has 0 fully saturated rings. The number of anilines is 1. The van der Waals surface area contributed by atoms with Gasteiger partial charge >= 0.3 is 0 Å². The highest BCUT2D eigenvalue weighted by atomic mass is 19.1. The van der Waals surface area contributed by atoms with Gasteiger partial charge in [0.05, 0.1) is 18.5 Å². The van der Waals surface area contributed by atoms with Crippen molar-refractivity contribution in [3.8, 4) is 5.75 Å². The zero-order chi connectivity index (χ0) is 18.8. The Labute approximate surface area is 157 Å². The smallest absolute Gasteiger partial charge is 0.162 e. The molecule has 0 bridgehead atoms. The van der Waals surface area contributed by atoms with E-state index in [0.717, 1.165) is 33.8 Å². The van der Waals surface area contributed by atoms with E-state index in [2.05, 4.69) is 5.32 Å². The number of halogens is 1. The molecule has 27 heavy (non-hydrogen) atoms. The van der Waals surface area contributed by atoms with E-state index in [1.165, 1.54) is 12.1 Å². The summed E-state index contributed by atoms with van der Waals surface area (Å²) in [7, 11) is 1.63. The zero-order valence-corrected chi connectivity index (χ0v) is 15.0. The minimum Gasteiger partial charge on any atom is -0.497 e. The van der Waals surface area contributed by atoms with Crippen LogP contribution in [0.25, 0.3) is 0 Å². The summed E-state index contributed by atoms with van der Waals surface area (Å²) in [6, 6.07) is 19.8. The van der Waals surface area contributed by atoms with Gasteiger partial charge in [0.15, 0.2) is 5.84 Å². The Kier molecular flexibility index (Phi) is 4.42. The van der Waals surface area contributed by atoms with Crippen LogP contribution in [0, 0.1) is 12.7 Å². The molecule has 4 nitrogen and oxygen atoms in total. The minimum atomic E-state index is -0.290. The van der Waals surface area contributed by atoms with Crippen molar-refractivity contribution >= 4 is 23.0 Å². The average Bonchev–Trinajstić information content (AvgIpc) is 2.88. The fraction of sp³-hybridized carbons (Fsp3) is 0.0909. The molecule has 4 rings (SSSR count). The van der Waals surface area contributed by atoms with Gasteiger partial charge in [-0.1, -0.05) is 6.07 Å². The molecule has 0 atom stereocenters. The molecule has 0 aliphatic carbocycles. The van der Waals surface area contributed by atoms with Crippen LogP contribution in [0.2, 0.25) is 0 Å². The molecule has 1 aliphatic heterocycles. The lowest BCUT2D eigenvalue weighted by atomic mass is 10.1. The summed E-state index contributed by atoms with van der Waals surface area (Å²) < 4.78 is 18.6. The molecular formula is C22H18FN3O. The number of hydrogen-bond donors (Lipinski definition) is 1. The summed E-state index contributed by atoms with van der Waals surface area (Å²) in [5.74, 6) is 1.68. The third kappa shape index (κ3) is 3.58. The van der Waals surface area contributed by atoms with Crippen molar-refractivity contribution < 1.29 is 9.13 Å². The third-order valence-electron chi connectivity index (χ3n) is 4.32. The van der Waals surface area contributed by atoms with Gasteiger partial charge in [-0.25, -0.2) is 14.4 Å². The number of methoxy groups -OCH3 is 1. The molecule has 1 N–H and O–H groups in total. The summed E-state index contributed by atoms with van der Waals surface area (Å²) in [4.78, 5) is 9.45. The standard InChI is InChI=1S/C22H18FN3O/c1-14-3-12-19-20(13-14)25-22(16-6-10-18(27-2)11-7-16)26-21(24-19)15-4-8-17(23)9-5-15/h3-13H,1-2H3,(H,24,25,26). The zero-order valence-electron chi connectivity index (χ0n) is 15.0. The number of rotatable bonds is 3. The molecule has 0 unspecified atom stereocenters. The lowest BCUT2D eigenvalue weighted by molar-refractivity contribution is 0.415. The molecular weight excluding hydrogens is 341 g/mol. The second-order valence-electron chi connectivity index (χ2n) is 6.28. The van der Waals surface area contributed by atoms with Crippen LogP contribution in [0.15, 0.2) is 76.7 Å². The van der Waals surface area contributed by atoms with E-state index in [1.54, 1.807) is 19.2 Å². The molecule has 3 aromatic carbocycles. The minimum absolute atomic E-state index is 0.290. The molecule has 3 aromatic rings. The van der Waals surface area contributed by atoms with Crippen molar-refractivity contribution in [2.45, 2.75) is 6.92 Å². The Hall–Kier alpha value is -3.47. The molecule has 5 heteroatoms. The van der Waals surface area contributed by atoms with E-state index in [-0.39, 0.29) is 5.82 Å². The lowest BCUT2D eigenvalue weighted by Crippen LogP contribution is -2.15. The van der Waals surface area contributed by atoms with Gasteiger partial charge in [-0.2, -0.15) is 0 Å². The highest BCUT2D eigenvalue weighted by molar-refractivity contribution is 6.19. The number of fused-ring (bicyclic) bond motifs is 1. The van der Waals surface area contributed by atoms with Crippen LogP contribution in [0.1, 0.15) is 16.7 Å². The Morgan fingerprint density at radius 2 is 1.56 bits per heavy atom. The Morgan fingerprint density at radius 1 is 0.852 bits per heavy atom. The molecule has 0 aromatic heterocycles. The van der Waals surface area contributed by atoms with Gasteiger partial charge in [0.25, 0.3) is 0 Å². The Balaban J connectivity index is 1.85. The third-order valence-corrected chi connectivity index (χ3v) is 4.32. The van der Waals surface area contributed by atoms with Gasteiger partial charge in [0.1, 0.15) is 17.4 Å². The SMILES string of the molecule is COc1ccc(C2=NC(c3ccc(F)cc3)=Nc3ccc(C)cc3N2)cc1. The Morgan fingerprint density at radius 3 is 2.26 bits per heavy atom. The van der Waals surface area contributed by atoms with E-state index in [0.29, 0.717) is 11.7 Å². The van der Waals surface area contributed by atoms with Crippen molar-refractivity contribution in [1.29, 1.82) is 0 Å². The number of aliphatic imine (C=N–C) groups is 2. The molecule has 134 valence electrons. The summed E-state index contributed by atoms with van der Waals surface area (Å²) in [5, 5.41) is 3.39.